The van der Waals surface area contributed by atoms with Crippen LogP contribution in [0.4, 0.5) is 0 Å². The van der Waals surface area contributed by atoms with E-state index in [1.54, 1.807) is 14.2 Å². The summed E-state index contributed by atoms with van der Waals surface area (Å²) >= 11 is 0. The quantitative estimate of drug-likeness (QED) is 0.619. The summed E-state index contributed by atoms with van der Waals surface area (Å²) in [6.45, 7) is 5.84. The zero-order valence-electron chi connectivity index (χ0n) is 14.9. The largest absolute Gasteiger partial charge is 0.356 e. The van der Waals surface area contributed by atoms with E-state index in [2.05, 4.69) is 47.2 Å². The van der Waals surface area contributed by atoms with E-state index in [9.17, 15) is 0 Å². The van der Waals surface area contributed by atoms with Crippen LogP contribution in [0.15, 0.2) is 30.3 Å². The molecule has 1 atom stereocenters. The predicted molar refractivity (Wildman–Crippen MR) is 94.4 cm³/mol. The number of nitrogens with zero attached hydrogens (tertiary/aromatic N) is 2. The number of hydrogen-bond acceptors (Lipinski definition) is 4. The smallest absolute Gasteiger partial charge is 0.156 e. The van der Waals surface area contributed by atoms with Gasteiger partial charge in [0.1, 0.15) is 0 Å². The summed E-state index contributed by atoms with van der Waals surface area (Å²) in [4.78, 5) is 5.04. The summed E-state index contributed by atoms with van der Waals surface area (Å²) in [5.41, 5.74) is 1.40. The Morgan fingerprint density at radius 3 is 2.65 bits per heavy atom. The molecule has 1 aromatic carbocycles. The van der Waals surface area contributed by atoms with Gasteiger partial charge in [-0.3, -0.25) is 0 Å². The molecule has 4 nitrogen and oxygen atoms in total. The zero-order valence-corrected chi connectivity index (χ0v) is 14.9. The molecular weight excluding hydrogens is 288 g/mol. The fourth-order valence-electron chi connectivity index (χ4n) is 3.48. The summed E-state index contributed by atoms with van der Waals surface area (Å²) in [5, 5.41) is 0. The second-order valence-corrected chi connectivity index (χ2v) is 6.68. The predicted octanol–water partition coefficient (Wildman–Crippen LogP) is 2.84. The molecule has 1 saturated heterocycles. The Morgan fingerprint density at radius 1 is 1.22 bits per heavy atom. The zero-order chi connectivity index (χ0) is 16.5. The van der Waals surface area contributed by atoms with E-state index >= 15 is 0 Å². The average Bonchev–Trinajstić information content (AvgIpc) is 2.99. The molecule has 0 radical (unpaired) electrons. The van der Waals surface area contributed by atoms with Gasteiger partial charge in [0, 0.05) is 33.9 Å². The van der Waals surface area contributed by atoms with Crippen molar-refractivity contribution in [3.05, 3.63) is 35.9 Å². The van der Waals surface area contributed by atoms with Crippen LogP contribution >= 0.6 is 0 Å². The van der Waals surface area contributed by atoms with Gasteiger partial charge < -0.3 is 19.3 Å². The number of ether oxygens (including phenoxy) is 2. The molecular formula is C19H32N2O2. The van der Waals surface area contributed by atoms with Gasteiger partial charge in [0.2, 0.25) is 0 Å². The monoisotopic (exact) mass is 320 g/mol. The minimum absolute atomic E-state index is 0.0506. The van der Waals surface area contributed by atoms with E-state index in [1.165, 1.54) is 31.6 Å². The maximum Gasteiger partial charge on any atom is 0.156 e. The first-order valence-electron chi connectivity index (χ1n) is 8.71. The number of rotatable bonds is 10. The Morgan fingerprint density at radius 2 is 1.96 bits per heavy atom. The molecule has 130 valence electrons. The van der Waals surface area contributed by atoms with Crippen LogP contribution in [0, 0.1) is 5.92 Å². The molecule has 1 aliphatic heterocycles. The highest BCUT2D eigenvalue weighted by molar-refractivity contribution is 5.14. The summed E-state index contributed by atoms with van der Waals surface area (Å²) in [7, 11) is 5.66. The molecule has 0 unspecified atom stereocenters. The molecule has 0 bridgehead atoms. The Balaban J connectivity index is 1.63. The SMILES string of the molecule is COC(CCCN1CC[C@@H](CN(C)Cc2ccccc2)C1)OC. The Hall–Kier alpha value is -0.940. The molecule has 23 heavy (non-hydrogen) atoms. The van der Waals surface area contributed by atoms with Gasteiger partial charge in [0.05, 0.1) is 0 Å². The van der Waals surface area contributed by atoms with Crippen molar-refractivity contribution in [3.63, 3.8) is 0 Å². The lowest BCUT2D eigenvalue weighted by Gasteiger charge is -2.22. The van der Waals surface area contributed by atoms with Gasteiger partial charge >= 0.3 is 0 Å². The maximum atomic E-state index is 5.25. The fourth-order valence-corrected chi connectivity index (χ4v) is 3.48. The van der Waals surface area contributed by atoms with E-state index in [1.807, 2.05) is 0 Å². The van der Waals surface area contributed by atoms with E-state index in [4.69, 9.17) is 9.47 Å². The molecule has 1 heterocycles. The molecule has 4 heteroatoms. The molecule has 0 saturated carbocycles. The summed E-state index contributed by atoms with van der Waals surface area (Å²) < 4.78 is 10.5. The van der Waals surface area contributed by atoms with Crippen LogP contribution in [-0.4, -0.2) is 63.5 Å². The third kappa shape index (κ3) is 6.60. The number of likely N-dealkylation sites (tertiary alicyclic amines) is 1. The number of benzene rings is 1. The molecule has 0 amide bonds. The second-order valence-electron chi connectivity index (χ2n) is 6.68. The first kappa shape index (κ1) is 18.4. The Kier molecular flexibility index (Phi) is 8.03. The number of methoxy groups -OCH3 is 2. The molecule has 0 spiro atoms. The van der Waals surface area contributed by atoms with Crippen LogP contribution in [0.2, 0.25) is 0 Å². The van der Waals surface area contributed by atoms with Gasteiger partial charge in [-0.2, -0.15) is 0 Å². The minimum atomic E-state index is -0.0506. The third-order valence-corrected chi connectivity index (χ3v) is 4.68. The molecule has 0 aliphatic carbocycles. The summed E-state index contributed by atoms with van der Waals surface area (Å²) in [6.07, 6.45) is 3.38. The van der Waals surface area contributed by atoms with Crippen LogP contribution in [0.25, 0.3) is 0 Å². The molecule has 0 N–H and O–H groups in total. The van der Waals surface area contributed by atoms with Crippen molar-refractivity contribution < 1.29 is 9.47 Å². The Bertz CT molecular complexity index is 423. The third-order valence-electron chi connectivity index (χ3n) is 4.68. The Labute approximate surface area is 141 Å². The van der Waals surface area contributed by atoms with Gasteiger partial charge in [0.25, 0.3) is 0 Å². The van der Waals surface area contributed by atoms with E-state index in [0.717, 1.165) is 31.8 Å². The topological polar surface area (TPSA) is 24.9 Å². The maximum absolute atomic E-state index is 5.25. The highest BCUT2D eigenvalue weighted by Gasteiger charge is 2.23. The highest BCUT2D eigenvalue weighted by Crippen LogP contribution is 2.18. The van der Waals surface area contributed by atoms with Crippen molar-refractivity contribution in [1.82, 2.24) is 9.80 Å². The van der Waals surface area contributed by atoms with E-state index < -0.39 is 0 Å². The van der Waals surface area contributed by atoms with Crippen LogP contribution < -0.4 is 0 Å². The summed E-state index contributed by atoms with van der Waals surface area (Å²) in [6, 6.07) is 10.7. The van der Waals surface area contributed by atoms with Gasteiger partial charge in [-0.05, 0) is 50.9 Å². The van der Waals surface area contributed by atoms with Gasteiger partial charge in [-0.15, -0.1) is 0 Å². The first-order chi connectivity index (χ1) is 11.2. The van der Waals surface area contributed by atoms with Gasteiger partial charge in [-0.25, -0.2) is 0 Å². The van der Waals surface area contributed by atoms with E-state index in [0.29, 0.717) is 0 Å². The number of hydrogen-bond donors (Lipinski definition) is 0. The van der Waals surface area contributed by atoms with Crippen molar-refractivity contribution >= 4 is 0 Å². The molecule has 2 rings (SSSR count). The van der Waals surface area contributed by atoms with Crippen LogP contribution in [0.3, 0.4) is 0 Å². The normalized spacial score (nSPS) is 19.1. The van der Waals surface area contributed by atoms with Gasteiger partial charge in [0.15, 0.2) is 6.29 Å². The van der Waals surface area contributed by atoms with Crippen molar-refractivity contribution in [2.24, 2.45) is 5.92 Å². The lowest BCUT2D eigenvalue weighted by Crippen LogP contribution is -2.28. The lowest BCUT2D eigenvalue weighted by molar-refractivity contribution is -0.107. The highest BCUT2D eigenvalue weighted by atomic mass is 16.7. The fraction of sp³-hybridized carbons (Fsp3) is 0.684. The van der Waals surface area contributed by atoms with E-state index in [-0.39, 0.29) is 6.29 Å². The molecule has 1 fully saturated rings. The average molecular weight is 320 g/mol. The molecule has 0 aromatic heterocycles. The van der Waals surface area contributed by atoms with Crippen LogP contribution in [-0.2, 0) is 16.0 Å². The first-order valence-corrected chi connectivity index (χ1v) is 8.71. The lowest BCUT2D eigenvalue weighted by atomic mass is 10.1. The van der Waals surface area contributed by atoms with Gasteiger partial charge in [-0.1, -0.05) is 30.3 Å². The molecule has 1 aromatic rings. The standard InChI is InChI=1S/C19H32N2O2/c1-20(14-17-8-5-4-6-9-17)15-18-11-13-21(16-18)12-7-10-19(22-2)23-3/h4-6,8-9,18-19H,7,10-16H2,1-3H3/t18-/m0/s1. The van der Waals surface area contributed by atoms with Crippen molar-refractivity contribution in [2.45, 2.75) is 32.1 Å². The van der Waals surface area contributed by atoms with Crippen LogP contribution in [0.1, 0.15) is 24.8 Å². The van der Waals surface area contributed by atoms with Crippen molar-refractivity contribution in [3.8, 4) is 0 Å². The minimum Gasteiger partial charge on any atom is -0.356 e. The second kappa shape index (κ2) is 10.0. The molecule has 1 aliphatic rings. The summed E-state index contributed by atoms with van der Waals surface area (Å²) in [5.74, 6) is 0.796. The van der Waals surface area contributed by atoms with Crippen molar-refractivity contribution in [1.29, 1.82) is 0 Å². The van der Waals surface area contributed by atoms with Crippen LogP contribution in [0.5, 0.6) is 0 Å². The van der Waals surface area contributed by atoms with Crippen molar-refractivity contribution in [2.75, 3.05) is 47.4 Å².